The van der Waals surface area contributed by atoms with Crippen molar-refractivity contribution in [2.75, 3.05) is 5.32 Å². The van der Waals surface area contributed by atoms with E-state index in [1.165, 1.54) is 17.8 Å². The van der Waals surface area contributed by atoms with Crippen molar-refractivity contribution < 1.29 is 9.72 Å². The van der Waals surface area contributed by atoms with Gasteiger partial charge in [-0.3, -0.25) is 24.3 Å². The number of nitro groups is 1. The molecule has 3 aromatic rings. The molecule has 0 saturated heterocycles. The van der Waals surface area contributed by atoms with Crippen molar-refractivity contribution in [3.05, 3.63) is 69.7 Å². The first-order valence-corrected chi connectivity index (χ1v) is 7.99. The molecule has 26 heavy (non-hydrogen) atoms. The van der Waals surface area contributed by atoms with Crippen molar-refractivity contribution in [1.82, 2.24) is 19.6 Å². The molecule has 0 aliphatic heterocycles. The number of hydrogen-bond donors (Lipinski definition) is 1. The Labute approximate surface area is 149 Å². The van der Waals surface area contributed by atoms with Crippen molar-refractivity contribution in [3.63, 3.8) is 0 Å². The predicted molar refractivity (Wildman–Crippen MR) is 94.8 cm³/mol. The van der Waals surface area contributed by atoms with Gasteiger partial charge in [-0.2, -0.15) is 10.2 Å². The molecule has 1 N–H and O–H groups in total. The highest BCUT2D eigenvalue weighted by atomic mass is 16.6. The Morgan fingerprint density at radius 1 is 1.23 bits per heavy atom. The molecular formula is C17H18N6O3. The fourth-order valence-electron chi connectivity index (χ4n) is 2.58. The minimum absolute atomic E-state index is 0.110. The Balaban J connectivity index is 1.65. The average molecular weight is 354 g/mol. The van der Waals surface area contributed by atoms with Crippen molar-refractivity contribution in [1.29, 1.82) is 0 Å². The van der Waals surface area contributed by atoms with Crippen molar-refractivity contribution >= 4 is 17.4 Å². The van der Waals surface area contributed by atoms with Gasteiger partial charge in [0.1, 0.15) is 18.4 Å². The lowest BCUT2D eigenvalue weighted by atomic mass is 10.2. The highest BCUT2D eigenvalue weighted by Gasteiger charge is 2.17. The number of aryl methyl sites for hydroxylation is 2. The van der Waals surface area contributed by atoms with E-state index in [0.29, 0.717) is 12.4 Å². The van der Waals surface area contributed by atoms with E-state index in [9.17, 15) is 14.9 Å². The maximum absolute atomic E-state index is 12.2. The number of benzene rings is 1. The van der Waals surface area contributed by atoms with Crippen LogP contribution in [-0.2, 0) is 17.9 Å². The van der Waals surface area contributed by atoms with Crippen LogP contribution in [0.4, 0.5) is 11.5 Å². The molecule has 2 aromatic heterocycles. The molecule has 3 rings (SSSR count). The first-order chi connectivity index (χ1) is 12.4. The number of hydrogen-bond acceptors (Lipinski definition) is 5. The smallest absolute Gasteiger partial charge is 0.308 e. The summed E-state index contributed by atoms with van der Waals surface area (Å²) in [5, 5.41) is 21.9. The summed E-state index contributed by atoms with van der Waals surface area (Å²) in [6.45, 7) is 3.92. The normalized spacial score (nSPS) is 10.7. The Hall–Kier alpha value is -3.49. The van der Waals surface area contributed by atoms with Crippen LogP contribution >= 0.6 is 0 Å². The number of anilines is 1. The number of aromatic nitrogens is 4. The molecule has 0 spiro atoms. The molecular weight excluding hydrogens is 336 g/mol. The van der Waals surface area contributed by atoms with E-state index in [1.54, 1.807) is 10.7 Å². The predicted octanol–water partition coefficient (Wildman–Crippen LogP) is 2.29. The average Bonchev–Trinajstić information content (AvgIpc) is 3.11. The number of nitrogens with zero attached hydrogens (tertiary/aromatic N) is 5. The van der Waals surface area contributed by atoms with E-state index in [4.69, 9.17) is 0 Å². The van der Waals surface area contributed by atoms with Gasteiger partial charge < -0.3 is 5.32 Å². The first-order valence-electron chi connectivity index (χ1n) is 7.99. The van der Waals surface area contributed by atoms with Gasteiger partial charge in [0.2, 0.25) is 5.91 Å². The van der Waals surface area contributed by atoms with Gasteiger partial charge in [-0.15, -0.1) is 0 Å². The molecule has 1 amide bonds. The van der Waals surface area contributed by atoms with Crippen LogP contribution in [0.15, 0.2) is 42.6 Å². The van der Waals surface area contributed by atoms with E-state index in [2.05, 4.69) is 15.5 Å². The van der Waals surface area contributed by atoms with Crippen LogP contribution in [0.1, 0.15) is 17.0 Å². The molecule has 0 fully saturated rings. The van der Waals surface area contributed by atoms with Gasteiger partial charge >= 0.3 is 5.69 Å². The Kier molecular flexibility index (Phi) is 4.78. The molecule has 9 nitrogen and oxygen atoms in total. The highest BCUT2D eigenvalue weighted by Crippen LogP contribution is 2.15. The maximum Gasteiger partial charge on any atom is 0.309 e. The van der Waals surface area contributed by atoms with Crippen LogP contribution in [0.3, 0.4) is 0 Å². The van der Waals surface area contributed by atoms with E-state index in [0.717, 1.165) is 11.3 Å². The number of carbonyl (C=O) groups is 1. The number of amides is 1. The molecule has 0 saturated carbocycles. The van der Waals surface area contributed by atoms with E-state index >= 15 is 0 Å². The van der Waals surface area contributed by atoms with Crippen molar-refractivity contribution in [2.45, 2.75) is 26.9 Å². The summed E-state index contributed by atoms with van der Waals surface area (Å²) in [5.74, 6) is 0.0774. The molecule has 1 aromatic carbocycles. The van der Waals surface area contributed by atoms with Crippen LogP contribution in [0.5, 0.6) is 0 Å². The first kappa shape index (κ1) is 17.3. The lowest BCUT2D eigenvalue weighted by Gasteiger charge is -2.04. The molecule has 0 aliphatic rings. The topological polar surface area (TPSA) is 108 Å². The van der Waals surface area contributed by atoms with E-state index < -0.39 is 4.92 Å². The van der Waals surface area contributed by atoms with Crippen LogP contribution < -0.4 is 5.32 Å². The summed E-state index contributed by atoms with van der Waals surface area (Å²) < 4.78 is 3.05. The maximum atomic E-state index is 12.2. The highest BCUT2D eigenvalue weighted by molar-refractivity contribution is 5.89. The Morgan fingerprint density at radius 3 is 2.62 bits per heavy atom. The lowest BCUT2D eigenvalue weighted by molar-refractivity contribution is -0.385. The Bertz CT molecular complexity index is 945. The molecule has 2 heterocycles. The third-order valence-electron chi connectivity index (χ3n) is 3.85. The van der Waals surface area contributed by atoms with Gasteiger partial charge in [0.05, 0.1) is 11.5 Å². The molecule has 134 valence electrons. The summed E-state index contributed by atoms with van der Waals surface area (Å²) in [6, 6.07) is 11.7. The second-order valence-corrected chi connectivity index (χ2v) is 5.92. The van der Waals surface area contributed by atoms with Crippen molar-refractivity contribution in [2.24, 2.45) is 0 Å². The molecule has 0 unspecified atom stereocenters. The van der Waals surface area contributed by atoms with Crippen LogP contribution in [-0.4, -0.2) is 30.4 Å². The van der Waals surface area contributed by atoms with Crippen LogP contribution in [0.2, 0.25) is 0 Å². The quantitative estimate of drug-likeness (QED) is 0.540. The van der Waals surface area contributed by atoms with Gasteiger partial charge in [-0.25, -0.2) is 0 Å². The zero-order chi connectivity index (χ0) is 18.7. The van der Waals surface area contributed by atoms with E-state index in [-0.39, 0.29) is 23.8 Å². The van der Waals surface area contributed by atoms with Gasteiger partial charge in [0.25, 0.3) is 0 Å². The number of nitrogens with one attached hydrogen (secondary N) is 1. The summed E-state index contributed by atoms with van der Waals surface area (Å²) in [7, 11) is 0. The number of rotatable bonds is 6. The minimum Gasteiger partial charge on any atom is -0.308 e. The zero-order valence-electron chi connectivity index (χ0n) is 14.4. The van der Waals surface area contributed by atoms with E-state index in [1.807, 2.05) is 37.3 Å². The fourth-order valence-corrected chi connectivity index (χ4v) is 2.58. The van der Waals surface area contributed by atoms with Gasteiger partial charge in [0.15, 0.2) is 5.82 Å². The minimum atomic E-state index is -0.522. The fraction of sp³-hybridized carbons (Fsp3) is 0.235. The SMILES string of the molecule is Cc1nn(CC(=O)Nc2cc(C)n(Cc3ccccc3)n2)cc1[N+](=O)[O-]. The summed E-state index contributed by atoms with van der Waals surface area (Å²) in [4.78, 5) is 22.5. The third kappa shape index (κ3) is 3.94. The van der Waals surface area contributed by atoms with Crippen LogP contribution in [0.25, 0.3) is 0 Å². The Morgan fingerprint density at radius 2 is 1.96 bits per heavy atom. The lowest BCUT2D eigenvalue weighted by Crippen LogP contribution is -2.19. The number of carbonyl (C=O) groups excluding carboxylic acids is 1. The van der Waals surface area contributed by atoms with Gasteiger partial charge in [-0.05, 0) is 19.4 Å². The monoisotopic (exact) mass is 354 g/mol. The molecule has 0 atom stereocenters. The summed E-state index contributed by atoms with van der Waals surface area (Å²) in [5.41, 5.74) is 2.18. The largest absolute Gasteiger partial charge is 0.309 e. The van der Waals surface area contributed by atoms with Crippen molar-refractivity contribution in [3.8, 4) is 0 Å². The van der Waals surface area contributed by atoms with Crippen LogP contribution in [0, 0.1) is 24.0 Å². The molecule has 0 radical (unpaired) electrons. The zero-order valence-corrected chi connectivity index (χ0v) is 14.4. The molecule has 9 heteroatoms. The standard InChI is InChI=1S/C17H18N6O3/c1-12-8-16(20-22(12)9-14-6-4-3-5-7-14)18-17(24)11-21-10-15(23(25)26)13(2)19-21/h3-8,10H,9,11H2,1-2H3,(H,18,20,24). The van der Waals surface area contributed by atoms with Gasteiger partial charge in [-0.1, -0.05) is 30.3 Å². The summed E-state index contributed by atoms with van der Waals surface area (Å²) in [6.07, 6.45) is 1.24. The van der Waals surface area contributed by atoms with Gasteiger partial charge in [0, 0.05) is 11.8 Å². The second-order valence-electron chi connectivity index (χ2n) is 5.92. The molecule has 0 aliphatic carbocycles. The molecule has 0 bridgehead atoms. The summed E-state index contributed by atoms with van der Waals surface area (Å²) >= 11 is 0. The third-order valence-corrected chi connectivity index (χ3v) is 3.85. The second kappa shape index (κ2) is 7.18.